The number of benzene rings is 2. The summed E-state index contributed by atoms with van der Waals surface area (Å²) in [6.07, 6.45) is 7.17. The molecule has 0 radical (unpaired) electrons. The lowest BCUT2D eigenvalue weighted by atomic mass is 9.98. The zero-order chi connectivity index (χ0) is 21.2. The maximum absolute atomic E-state index is 9.08. The molecule has 2 aromatic heterocycles. The van der Waals surface area contributed by atoms with Crippen LogP contribution in [0.15, 0.2) is 71.4 Å². The van der Waals surface area contributed by atoms with Crippen molar-refractivity contribution < 1.29 is 4.42 Å². The number of hydrogen-bond acceptors (Lipinski definition) is 4. The summed E-state index contributed by atoms with van der Waals surface area (Å²) < 4.78 is 6.38. The summed E-state index contributed by atoms with van der Waals surface area (Å²) in [5.41, 5.74) is 6.01. The van der Waals surface area contributed by atoms with Gasteiger partial charge in [-0.15, -0.1) is 0 Å². The predicted octanol–water partition coefficient (Wildman–Crippen LogP) is 6.06. The molecule has 154 valence electrons. The molecule has 0 bridgehead atoms. The van der Waals surface area contributed by atoms with E-state index < -0.39 is 0 Å². The summed E-state index contributed by atoms with van der Waals surface area (Å²) in [5, 5.41) is 10.2. The molecule has 1 fully saturated rings. The van der Waals surface area contributed by atoms with Gasteiger partial charge in [-0.05, 0) is 67.8 Å². The fourth-order valence-corrected chi connectivity index (χ4v) is 4.64. The Kier molecular flexibility index (Phi) is 5.28. The van der Waals surface area contributed by atoms with E-state index in [0.717, 1.165) is 51.9 Å². The van der Waals surface area contributed by atoms with Crippen molar-refractivity contribution in [3.8, 4) is 28.3 Å². The largest absolute Gasteiger partial charge is 0.460 e. The van der Waals surface area contributed by atoms with E-state index >= 15 is 0 Å². The first-order valence-electron chi connectivity index (χ1n) is 10.9. The van der Waals surface area contributed by atoms with Crippen LogP contribution in [0, 0.1) is 11.3 Å². The molecule has 0 saturated carbocycles. The molecule has 0 amide bonds. The molecule has 0 N–H and O–H groups in total. The monoisotopic (exact) mass is 407 g/mol. The summed E-state index contributed by atoms with van der Waals surface area (Å²) in [5.74, 6) is 1.03. The molecule has 31 heavy (non-hydrogen) atoms. The van der Waals surface area contributed by atoms with E-state index in [1.54, 1.807) is 6.20 Å². The minimum Gasteiger partial charge on any atom is -0.460 e. The van der Waals surface area contributed by atoms with E-state index in [1.807, 2.05) is 36.5 Å². The maximum Gasteiger partial charge on any atom is 0.134 e. The lowest BCUT2D eigenvalue weighted by Crippen LogP contribution is -2.28. The molecular formula is C27H25N3O. The Balaban J connectivity index is 1.57. The average Bonchev–Trinajstić information content (AvgIpc) is 3.40. The van der Waals surface area contributed by atoms with E-state index in [2.05, 4.69) is 47.1 Å². The van der Waals surface area contributed by atoms with E-state index in [-0.39, 0.29) is 0 Å². The van der Waals surface area contributed by atoms with Gasteiger partial charge in [-0.1, -0.05) is 24.3 Å². The molecule has 4 aromatic rings. The summed E-state index contributed by atoms with van der Waals surface area (Å²) >= 11 is 0. The zero-order valence-electron chi connectivity index (χ0n) is 17.7. The van der Waals surface area contributed by atoms with E-state index in [4.69, 9.17) is 9.68 Å². The summed E-state index contributed by atoms with van der Waals surface area (Å²) in [4.78, 5) is 6.91. The maximum atomic E-state index is 9.08. The van der Waals surface area contributed by atoms with Gasteiger partial charge in [0.2, 0.25) is 0 Å². The Morgan fingerprint density at radius 1 is 1.10 bits per heavy atom. The molecule has 1 atom stereocenters. The third-order valence-electron chi connectivity index (χ3n) is 6.38. The van der Waals surface area contributed by atoms with Crippen molar-refractivity contribution in [2.45, 2.75) is 32.2 Å². The molecule has 5 rings (SSSR count). The lowest BCUT2D eigenvalue weighted by Gasteiger charge is -2.20. The molecule has 1 aliphatic rings. The number of fused-ring (bicyclic) bond motifs is 1. The van der Waals surface area contributed by atoms with Gasteiger partial charge in [0.15, 0.2) is 0 Å². The van der Waals surface area contributed by atoms with Gasteiger partial charge < -0.3 is 9.32 Å². The number of rotatable bonds is 5. The molecule has 4 heteroatoms. The van der Waals surface area contributed by atoms with Crippen molar-refractivity contribution in [3.05, 3.63) is 78.3 Å². The fraction of sp³-hybridized carbons (Fsp3) is 0.259. The Labute approximate surface area is 182 Å². The molecule has 0 aliphatic carbocycles. The number of nitrogens with zero attached hydrogens (tertiary/aromatic N) is 3. The highest BCUT2D eigenvalue weighted by atomic mass is 16.3. The van der Waals surface area contributed by atoms with Crippen LogP contribution >= 0.6 is 0 Å². The molecule has 0 spiro atoms. The number of hydrogen-bond donors (Lipinski definition) is 0. The van der Waals surface area contributed by atoms with Crippen molar-refractivity contribution in [3.63, 3.8) is 0 Å². The van der Waals surface area contributed by atoms with Crippen molar-refractivity contribution >= 4 is 11.0 Å². The standard InChI is InChI=1S/C27H25N3O/c1-19-4-3-14-30(19)15-12-26-27(23-5-2-13-29-18-23)24-16-22(10-11-25(24)31-26)21-8-6-20(17-28)7-9-21/h2,5-11,13,16,18-19H,3-4,12,14-15H2,1H3/t19-/m1/s1. The highest BCUT2D eigenvalue weighted by Crippen LogP contribution is 2.37. The van der Waals surface area contributed by atoms with Gasteiger partial charge in [0.05, 0.1) is 11.6 Å². The number of aromatic nitrogens is 1. The zero-order valence-corrected chi connectivity index (χ0v) is 17.7. The first-order valence-corrected chi connectivity index (χ1v) is 10.9. The SMILES string of the molecule is C[C@@H]1CCCN1CCc1oc2ccc(-c3ccc(C#N)cc3)cc2c1-c1cccnc1. The van der Waals surface area contributed by atoms with Gasteiger partial charge in [-0.25, -0.2) is 0 Å². The van der Waals surface area contributed by atoms with Crippen LogP contribution in [0.4, 0.5) is 0 Å². The fourth-order valence-electron chi connectivity index (χ4n) is 4.64. The summed E-state index contributed by atoms with van der Waals surface area (Å²) in [6, 6.07) is 21.0. The Morgan fingerprint density at radius 2 is 1.94 bits per heavy atom. The minimum absolute atomic E-state index is 0.647. The second kappa shape index (κ2) is 8.37. The van der Waals surface area contributed by atoms with Gasteiger partial charge in [0, 0.05) is 47.9 Å². The first kappa shape index (κ1) is 19.5. The smallest absolute Gasteiger partial charge is 0.134 e. The van der Waals surface area contributed by atoms with Crippen LogP contribution < -0.4 is 0 Å². The summed E-state index contributed by atoms with van der Waals surface area (Å²) in [7, 11) is 0. The predicted molar refractivity (Wildman–Crippen MR) is 124 cm³/mol. The molecular weight excluding hydrogens is 382 g/mol. The van der Waals surface area contributed by atoms with Crippen molar-refractivity contribution in [2.24, 2.45) is 0 Å². The average molecular weight is 408 g/mol. The van der Waals surface area contributed by atoms with Crippen LogP contribution in [-0.4, -0.2) is 29.0 Å². The first-order chi connectivity index (χ1) is 15.2. The second-order valence-electron chi connectivity index (χ2n) is 8.32. The van der Waals surface area contributed by atoms with Gasteiger partial charge in [0.1, 0.15) is 11.3 Å². The number of pyridine rings is 1. The van der Waals surface area contributed by atoms with E-state index in [9.17, 15) is 0 Å². The Morgan fingerprint density at radius 3 is 2.65 bits per heavy atom. The summed E-state index contributed by atoms with van der Waals surface area (Å²) in [6.45, 7) is 4.50. The van der Waals surface area contributed by atoms with E-state index in [1.165, 1.54) is 19.4 Å². The van der Waals surface area contributed by atoms with Crippen molar-refractivity contribution in [2.75, 3.05) is 13.1 Å². The quantitative estimate of drug-likeness (QED) is 0.403. The molecule has 1 saturated heterocycles. The van der Waals surface area contributed by atoms with Crippen LogP contribution in [-0.2, 0) is 6.42 Å². The van der Waals surface area contributed by atoms with Crippen LogP contribution in [0.5, 0.6) is 0 Å². The van der Waals surface area contributed by atoms with Gasteiger partial charge in [-0.3, -0.25) is 4.98 Å². The number of furan rings is 1. The molecule has 1 aliphatic heterocycles. The van der Waals surface area contributed by atoms with Crippen LogP contribution in [0.3, 0.4) is 0 Å². The van der Waals surface area contributed by atoms with Gasteiger partial charge in [0.25, 0.3) is 0 Å². The van der Waals surface area contributed by atoms with E-state index in [0.29, 0.717) is 11.6 Å². The third-order valence-corrected chi connectivity index (χ3v) is 6.38. The normalized spacial score (nSPS) is 16.6. The van der Waals surface area contributed by atoms with Crippen LogP contribution in [0.25, 0.3) is 33.2 Å². The molecule has 2 aromatic carbocycles. The molecule has 3 heterocycles. The highest BCUT2D eigenvalue weighted by molar-refractivity contribution is 5.98. The van der Waals surface area contributed by atoms with Crippen LogP contribution in [0.1, 0.15) is 31.1 Å². The topological polar surface area (TPSA) is 53.1 Å². The number of nitriles is 1. The second-order valence-corrected chi connectivity index (χ2v) is 8.32. The van der Waals surface area contributed by atoms with Crippen molar-refractivity contribution in [1.29, 1.82) is 5.26 Å². The highest BCUT2D eigenvalue weighted by Gasteiger charge is 2.22. The minimum atomic E-state index is 0.647. The Bertz CT molecular complexity index is 1240. The third kappa shape index (κ3) is 3.85. The lowest BCUT2D eigenvalue weighted by molar-refractivity contribution is 0.267. The molecule has 4 nitrogen and oxygen atoms in total. The van der Waals surface area contributed by atoms with Gasteiger partial charge in [-0.2, -0.15) is 5.26 Å². The number of likely N-dealkylation sites (tertiary alicyclic amines) is 1. The molecule has 0 unspecified atom stereocenters. The Hall–Kier alpha value is -3.42. The van der Waals surface area contributed by atoms with Crippen LogP contribution in [0.2, 0.25) is 0 Å². The van der Waals surface area contributed by atoms with Crippen molar-refractivity contribution in [1.82, 2.24) is 9.88 Å². The van der Waals surface area contributed by atoms with Gasteiger partial charge >= 0.3 is 0 Å².